The molecule has 0 amide bonds. The molecule has 0 fully saturated rings. The van der Waals surface area contributed by atoms with Gasteiger partial charge < -0.3 is 19.1 Å². The number of ether oxygens (including phenoxy) is 3. The predicted molar refractivity (Wildman–Crippen MR) is 92.2 cm³/mol. The molecular formula is C20H16N2O3. The maximum atomic E-state index is 9.86. The van der Waals surface area contributed by atoms with Crippen LogP contribution in [0.15, 0.2) is 30.3 Å². The third kappa shape index (κ3) is 2.01. The molecule has 3 aliphatic heterocycles. The first-order valence-corrected chi connectivity index (χ1v) is 8.27. The van der Waals surface area contributed by atoms with E-state index in [1.54, 1.807) is 7.11 Å². The molecule has 0 saturated carbocycles. The zero-order valence-electron chi connectivity index (χ0n) is 13.8. The first-order valence-electron chi connectivity index (χ1n) is 8.27. The third-order valence-electron chi connectivity index (χ3n) is 5.12. The van der Waals surface area contributed by atoms with Crippen LogP contribution in [0.1, 0.15) is 28.3 Å². The van der Waals surface area contributed by atoms with Crippen LogP contribution in [0, 0.1) is 11.3 Å². The molecular weight excluding hydrogens is 316 g/mol. The zero-order valence-corrected chi connectivity index (χ0v) is 13.8. The number of hydrogen-bond donors (Lipinski definition) is 0. The molecule has 0 bridgehead atoms. The van der Waals surface area contributed by atoms with E-state index in [4.69, 9.17) is 14.2 Å². The number of rotatable bonds is 1. The molecule has 5 nitrogen and oxygen atoms in total. The van der Waals surface area contributed by atoms with Crippen molar-refractivity contribution in [3.05, 3.63) is 52.6 Å². The van der Waals surface area contributed by atoms with E-state index in [1.165, 1.54) is 5.56 Å². The molecule has 0 N–H and O–H groups in total. The van der Waals surface area contributed by atoms with Crippen molar-refractivity contribution in [1.29, 1.82) is 5.26 Å². The topological polar surface area (TPSA) is 54.7 Å². The molecule has 3 heterocycles. The van der Waals surface area contributed by atoms with Gasteiger partial charge in [0.1, 0.15) is 11.8 Å². The fourth-order valence-corrected chi connectivity index (χ4v) is 3.87. The second-order valence-corrected chi connectivity index (χ2v) is 6.36. The minimum absolute atomic E-state index is 0.232. The molecule has 5 heteroatoms. The van der Waals surface area contributed by atoms with Crippen LogP contribution in [0.5, 0.6) is 17.2 Å². The molecule has 0 radical (unpaired) electrons. The highest BCUT2D eigenvalue weighted by molar-refractivity contribution is 5.87. The second kappa shape index (κ2) is 5.18. The summed E-state index contributed by atoms with van der Waals surface area (Å²) >= 11 is 0. The molecule has 1 atom stereocenters. The SMILES string of the molecule is COc1ccc2c(c1)C1=Cc3cc4c(cc3C(C#N)N1CC2)OCO4. The first-order chi connectivity index (χ1) is 12.3. The van der Waals surface area contributed by atoms with E-state index in [0.29, 0.717) is 0 Å². The van der Waals surface area contributed by atoms with Crippen LogP contribution < -0.4 is 14.2 Å². The summed E-state index contributed by atoms with van der Waals surface area (Å²) < 4.78 is 16.4. The summed E-state index contributed by atoms with van der Waals surface area (Å²) in [6, 6.07) is 12.2. The summed E-state index contributed by atoms with van der Waals surface area (Å²) in [5, 5.41) is 9.86. The van der Waals surface area contributed by atoms with Crippen molar-refractivity contribution in [3.8, 4) is 23.3 Å². The lowest BCUT2D eigenvalue weighted by Gasteiger charge is -2.40. The molecule has 25 heavy (non-hydrogen) atoms. The molecule has 3 aliphatic rings. The van der Waals surface area contributed by atoms with Gasteiger partial charge in [-0.15, -0.1) is 0 Å². The van der Waals surface area contributed by atoms with E-state index in [1.807, 2.05) is 18.2 Å². The van der Waals surface area contributed by atoms with Crippen LogP contribution >= 0.6 is 0 Å². The highest BCUT2D eigenvalue weighted by atomic mass is 16.7. The number of hydrogen-bond acceptors (Lipinski definition) is 5. The van der Waals surface area contributed by atoms with Gasteiger partial charge in [0.05, 0.1) is 13.2 Å². The van der Waals surface area contributed by atoms with Gasteiger partial charge in [0.25, 0.3) is 0 Å². The number of methoxy groups -OCH3 is 1. The van der Waals surface area contributed by atoms with Crippen LogP contribution in [0.3, 0.4) is 0 Å². The summed E-state index contributed by atoms with van der Waals surface area (Å²) in [5.41, 5.74) is 5.47. The standard InChI is InChI=1S/C20H16N2O3/c1-23-14-3-2-12-4-5-22-17(15(12)8-14)6-13-7-19-20(25-11-24-19)9-16(13)18(22)10-21/h2-3,6-9,18H,4-5,11H2,1H3. The monoisotopic (exact) mass is 332 g/mol. The van der Waals surface area contributed by atoms with Gasteiger partial charge in [0.15, 0.2) is 11.5 Å². The minimum Gasteiger partial charge on any atom is -0.497 e. The average Bonchev–Trinajstić information content (AvgIpc) is 3.11. The van der Waals surface area contributed by atoms with Gasteiger partial charge in [-0.2, -0.15) is 5.26 Å². The fraction of sp³-hybridized carbons (Fsp3) is 0.250. The predicted octanol–water partition coefficient (Wildman–Crippen LogP) is 3.36. The van der Waals surface area contributed by atoms with Gasteiger partial charge in [-0.1, -0.05) is 6.07 Å². The molecule has 2 aromatic rings. The zero-order chi connectivity index (χ0) is 17.0. The smallest absolute Gasteiger partial charge is 0.231 e. The van der Waals surface area contributed by atoms with Crippen molar-refractivity contribution in [2.45, 2.75) is 12.5 Å². The number of nitrogens with zero attached hydrogens (tertiary/aromatic N) is 2. The lowest BCUT2D eigenvalue weighted by molar-refractivity contribution is 0.174. The Bertz CT molecular complexity index is 958. The summed E-state index contributed by atoms with van der Waals surface area (Å²) in [6.07, 6.45) is 3.05. The Morgan fingerprint density at radius 2 is 2.04 bits per heavy atom. The Labute approximate surface area is 145 Å². The Hall–Kier alpha value is -3.13. The van der Waals surface area contributed by atoms with Crippen LogP contribution in [0.2, 0.25) is 0 Å². The quantitative estimate of drug-likeness (QED) is 0.801. The van der Waals surface area contributed by atoms with Crippen LogP contribution in [0.4, 0.5) is 0 Å². The summed E-state index contributed by atoms with van der Waals surface area (Å²) in [5.74, 6) is 2.28. The van der Waals surface area contributed by atoms with Crippen molar-refractivity contribution in [2.75, 3.05) is 20.4 Å². The Kier molecular flexibility index (Phi) is 2.95. The van der Waals surface area contributed by atoms with Crippen molar-refractivity contribution in [1.82, 2.24) is 4.90 Å². The summed E-state index contributed by atoms with van der Waals surface area (Å²) in [6.45, 7) is 1.05. The first kappa shape index (κ1) is 14.2. The lowest BCUT2D eigenvalue weighted by atomic mass is 9.87. The van der Waals surface area contributed by atoms with Crippen molar-refractivity contribution < 1.29 is 14.2 Å². The van der Waals surface area contributed by atoms with Crippen LogP contribution in [0.25, 0.3) is 11.8 Å². The van der Waals surface area contributed by atoms with Crippen LogP contribution in [-0.4, -0.2) is 25.3 Å². The van der Waals surface area contributed by atoms with Gasteiger partial charge in [0.2, 0.25) is 6.79 Å². The molecule has 1 unspecified atom stereocenters. The van der Waals surface area contributed by atoms with Crippen molar-refractivity contribution in [2.24, 2.45) is 0 Å². The van der Waals surface area contributed by atoms with Crippen LogP contribution in [-0.2, 0) is 6.42 Å². The highest BCUT2D eigenvalue weighted by Gasteiger charge is 2.34. The van der Waals surface area contributed by atoms with Gasteiger partial charge in [-0.3, -0.25) is 0 Å². The van der Waals surface area contributed by atoms with Gasteiger partial charge >= 0.3 is 0 Å². The maximum absolute atomic E-state index is 9.86. The molecule has 2 aromatic carbocycles. The Morgan fingerprint density at radius 3 is 2.84 bits per heavy atom. The van der Waals surface area contributed by atoms with E-state index in [0.717, 1.165) is 52.6 Å². The van der Waals surface area contributed by atoms with E-state index < -0.39 is 0 Å². The maximum Gasteiger partial charge on any atom is 0.231 e. The number of fused-ring (bicyclic) bond motifs is 5. The Balaban J connectivity index is 1.72. The largest absolute Gasteiger partial charge is 0.497 e. The van der Waals surface area contributed by atoms with Gasteiger partial charge in [-0.25, -0.2) is 0 Å². The van der Waals surface area contributed by atoms with E-state index in [2.05, 4.69) is 29.2 Å². The van der Waals surface area contributed by atoms with E-state index in [-0.39, 0.29) is 12.8 Å². The summed E-state index contributed by atoms with van der Waals surface area (Å²) in [7, 11) is 1.67. The van der Waals surface area contributed by atoms with Gasteiger partial charge in [0, 0.05) is 23.4 Å². The van der Waals surface area contributed by atoms with Crippen molar-refractivity contribution in [3.63, 3.8) is 0 Å². The second-order valence-electron chi connectivity index (χ2n) is 6.36. The molecule has 0 aliphatic carbocycles. The third-order valence-corrected chi connectivity index (χ3v) is 5.12. The molecule has 0 aromatic heterocycles. The highest BCUT2D eigenvalue weighted by Crippen LogP contribution is 2.46. The molecule has 5 rings (SSSR count). The average molecular weight is 332 g/mol. The van der Waals surface area contributed by atoms with E-state index >= 15 is 0 Å². The molecule has 124 valence electrons. The molecule has 0 spiro atoms. The minimum atomic E-state index is -0.330. The molecule has 0 saturated heterocycles. The Morgan fingerprint density at radius 1 is 1.20 bits per heavy atom. The van der Waals surface area contributed by atoms with Crippen molar-refractivity contribution >= 4 is 11.8 Å². The normalized spacial score (nSPS) is 19.3. The van der Waals surface area contributed by atoms with E-state index in [9.17, 15) is 5.26 Å². The fourth-order valence-electron chi connectivity index (χ4n) is 3.87. The lowest BCUT2D eigenvalue weighted by Crippen LogP contribution is -2.34. The summed E-state index contributed by atoms with van der Waals surface area (Å²) in [4.78, 5) is 2.17. The van der Waals surface area contributed by atoms with Gasteiger partial charge in [-0.05, 0) is 47.9 Å². The number of nitriles is 1. The number of benzene rings is 2.